The molecule has 1 aliphatic rings. The van der Waals surface area contributed by atoms with Crippen LogP contribution in [0.3, 0.4) is 0 Å². The van der Waals surface area contributed by atoms with Crippen LogP contribution < -0.4 is 4.90 Å². The number of anilines is 1. The summed E-state index contributed by atoms with van der Waals surface area (Å²) in [6.07, 6.45) is 1.55. The minimum atomic E-state index is 0.237. The van der Waals surface area contributed by atoms with Crippen molar-refractivity contribution in [3.8, 4) is 0 Å². The van der Waals surface area contributed by atoms with Gasteiger partial charge in [-0.1, -0.05) is 55.5 Å². The Kier molecular flexibility index (Phi) is 5.19. The van der Waals surface area contributed by atoms with Gasteiger partial charge in [0.1, 0.15) is 0 Å². The Hall–Kier alpha value is -2.29. The maximum atomic E-state index is 12.5. The maximum absolute atomic E-state index is 12.5. The van der Waals surface area contributed by atoms with E-state index in [2.05, 4.69) is 36.9 Å². The Balaban J connectivity index is 1.63. The fraction of sp³-hybridized carbons (Fsp3) is 0.381. The summed E-state index contributed by atoms with van der Waals surface area (Å²) in [4.78, 5) is 17.0. The monoisotopic (exact) mass is 322 g/mol. The van der Waals surface area contributed by atoms with Gasteiger partial charge in [-0.3, -0.25) is 4.79 Å². The van der Waals surface area contributed by atoms with E-state index in [1.807, 2.05) is 35.2 Å². The van der Waals surface area contributed by atoms with E-state index in [1.165, 1.54) is 16.8 Å². The number of amides is 1. The number of carbonyl (C=O) groups excluding carboxylic acids is 1. The van der Waals surface area contributed by atoms with Crippen LogP contribution in [0.25, 0.3) is 0 Å². The second-order valence-corrected chi connectivity index (χ2v) is 6.47. The molecule has 3 heteroatoms. The molecular weight excluding hydrogens is 296 g/mol. The van der Waals surface area contributed by atoms with E-state index in [0.29, 0.717) is 6.42 Å². The van der Waals surface area contributed by atoms with Crippen LogP contribution in [-0.2, 0) is 17.6 Å². The molecule has 3 rings (SSSR count). The van der Waals surface area contributed by atoms with Gasteiger partial charge in [-0.15, -0.1) is 0 Å². The first-order valence-electron chi connectivity index (χ1n) is 8.84. The molecule has 0 N–H and O–H groups in total. The molecule has 24 heavy (non-hydrogen) atoms. The Morgan fingerprint density at radius 3 is 2.33 bits per heavy atom. The lowest BCUT2D eigenvalue weighted by Crippen LogP contribution is -2.49. The minimum absolute atomic E-state index is 0.237. The normalized spacial score (nSPS) is 14.8. The van der Waals surface area contributed by atoms with Gasteiger partial charge in [0.2, 0.25) is 5.91 Å². The van der Waals surface area contributed by atoms with E-state index in [9.17, 15) is 4.79 Å². The van der Waals surface area contributed by atoms with E-state index in [-0.39, 0.29) is 5.91 Å². The molecule has 0 radical (unpaired) electrons. The van der Waals surface area contributed by atoms with E-state index < -0.39 is 0 Å². The van der Waals surface area contributed by atoms with Gasteiger partial charge in [-0.25, -0.2) is 0 Å². The number of hydrogen-bond acceptors (Lipinski definition) is 2. The molecule has 0 aliphatic carbocycles. The SMILES string of the molecule is CCc1cccc(C)c1N1CCN(C(=O)Cc2ccccc2)CC1. The molecule has 0 spiro atoms. The van der Waals surface area contributed by atoms with Crippen molar-refractivity contribution >= 4 is 11.6 Å². The van der Waals surface area contributed by atoms with Gasteiger partial charge in [0.15, 0.2) is 0 Å². The summed E-state index contributed by atoms with van der Waals surface area (Å²) in [7, 11) is 0. The first kappa shape index (κ1) is 16.6. The van der Waals surface area contributed by atoms with Gasteiger partial charge in [-0.05, 0) is 30.0 Å². The van der Waals surface area contributed by atoms with Crippen molar-refractivity contribution in [2.24, 2.45) is 0 Å². The van der Waals surface area contributed by atoms with Crippen LogP contribution >= 0.6 is 0 Å². The van der Waals surface area contributed by atoms with Gasteiger partial charge < -0.3 is 9.80 Å². The Bertz CT molecular complexity index is 688. The lowest BCUT2D eigenvalue weighted by atomic mass is 10.0. The second-order valence-electron chi connectivity index (χ2n) is 6.47. The summed E-state index contributed by atoms with van der Waals surface area (Å²) < 4.78 is 0. The zero-order valence-corrected chi connectivity index (χ0v) is 14.7. The molecule has 0 aromatic heterocycles. The number of piperazine rings is 1. The zero-order chi connectivity index (χ0) is 16.9. The quantitative estimate of drug-likeness (QED) is 0.861. The molecule has 2 aromatic carbocycles. The molecule has 0 bridgehead atoms. The maximum Gasteiger partial charge on any atom is 0.227 e. The summed E-state index contributed by atoms with van der Waals surface area (Å²) >= 11 is 0. The van der Waals surface area contributed by atoms with Gasteiger partial charge in [0.25, 0.3) is 0 Å². The Morgan fingerprint density at radius 1 is 0.958 bits per heavy atom. The fourth-order valence-corrected chi connectivity index (χ4v) is 3.52. The van der Waals surface area contributed by atoms with Crippen molar-refractivity contribution in [1.82, 2.24) is 4.90 Å². The van der Waals surface area contributed by atoms with E-state index in [0.717, 1.165) is 38.2 Å². The van der Waals surface area contributed by atoms with Crippen LogP contribution in [0.1, 0.15) is 23.6 Å². The number of nitrogens with zero attached hydrogens (tertiary/aromatic N) is 2. The van der Waals surface area contributed by atoms with Crippen LogP contribution in [0.4, 0.5) is 5.69 Å². The molecule has 1 fully saturated rings. The van der Waals surface area contributed by atoms with Crippen molar-refractivity contribution in [3.05, 3.63) is 65.2 Å². The molecule has 1 aliphatic heterocycles. The van der Waals surface area contributed by atoms with Crippen LogP contribution in [0, 0.1) is 6.92 Å². The van der Waals surface area contributed by atoms with Crippen LogP contribution in [-0.4, -0.2) is 37.0 Å². The first-order chi connectivity index (χ1) is 11.7. The Morgan fingerprint density at radius 2 is 1.67 bits per heavy atom. The number of aryl methyl sites for hydroxylation is 2. The van der Waals surface area contributed by atoms with E-state index in [4.69, 9.17) is 0 Å². The number of carbonyl (C=O) groups is 1. The lowest BCUT2D eigenvalue weighted by molar-refractivity contribution is -0.130. The fourth-order valence-electron chi connectivity index (χ4n) is 3.52. The van der Waals surface area contributed by atoms with E-state index >= 15 is 0 Å². The third kappa shape index (κ3) is 3.61. The molecule has 0 atom stereocenters. The van der Waals surface area contributed by atoms with Crippen molar-refractivity contribution in [2.75, 3.05) is 31.1 Å². The van der Waals surface area contributed by atoms with Gasteiger partial charge in [0.05, 0.1) is 6.42 Å². The summed E-state index contributed by atoms with van der Waals surface area (Å²) in [5.41, 5.74) is 5.20. The molecule has 3 nitrogen and oxygen atoms in total. The van der Waals surface area contributed by atoms with Crippen LogP contribution in [0.5, 0.6) is 0 Å². The van der Waals surface area contributed by atoms with Gasteiger partial charge >= 0.3 is 0 Å². The molecule has 0 saturated carbocycles. The number of para-hydroxylation sites is 1. The van der Waals surface area contributed by atoms with Crippen LogP contribution in [0.15, 0.2) is 48.5 Å². The minimum Gasteiger partial charge on any atom is -0.368 e. The smallest absolute Gasteiger partial charge is 0.227 e. The number of benzene rings is 2. The summed E-state index contributed by atoms with van der Waals surface area (Å²) in [6.45, 7) is 7.84. The highest BCUT2D eigenvalue weighted by molar-refractivity contribution is 5.79. The summed E-state index contributed by atoms with van der Waals surface area (Å²) in [6, 6.07) is 16.5. The third-order valence-electron chi connectivity index (χ3n) is 4.85. The predicted molar refractivity (Wildman–Crippen MR) is 99.5 cm³/mol. The van der Waals surface area contributed by atoms with Crippen molar-refractivity contribution in [1.29, 1.82) is 0 Å². The topological polar surface area (TPSA) is 23.6 Å². The lowest BCUT2D eigenvalue weighted by Gasteiger charge is -2.38. The predicted octanol–water partition coefficient (Wildman–Crippen LogP) is 3.45. The highest BCUT2D eigenvalue weighted by atomic mass is 16.2. The molecular formula is C21H26N2O. The van der Waals surface area contributed by atoms with Crippen molar-refractivity contribution < 1.29 is 4.79 Å². The molecule has 0 unspecified atom stereocenters. The van der Waals surface area contributed by atoms with Crippen molar-refractivity contribution in [3.63, 3.8) is 0 Å². The second kappa shape index (κ2) is 7.52. The average Bonchev–Trinajstić information content (AvgIpc) is 2.62. The molecule has 1 saturated heterocycles. The number of rotatable bonds is 4. The van der Waals surface area contributed by atoms with Crippen LogP contribution in [0.2, 0.25) is 0 Å². The highest BCUT2D eigenvalue weighted by Gasteiger charge is 2.23. The van der Waals surface area contributed by atoms with Crippen molar-refractivity contribution in [2.45, 2.75) is 26.7 Å². The van der Waals surface area contributed by atoms with E-state index in [1.54, 1.807) is 0 Å². The molecule has 2 aromatic rings. The summed E-state index contributed by atoms with van der Waals surface area (Å²) in [5.74, 6) is 0.237. The zero-order valence-electron chi connectivity index (χ0n) is 14.7. The standard InChI is InChI=1S/C21H26N2O/c1-3-19-11-7-8-17(2)21(19)23-14-12-22(13-15-23)20(24)16-18-9-5-4-6-10-18/h4-11H,3,12-16H2,1-2H3. The molecule has 1 amide bonds. The van der Waals surface area contributed by atoms with Gasteiger partial charge in [-0.2, -0.15) is 0 Å². The number of hydrogen-bond donors (Lipinski definition) is 0. The third-order valence-corrected chi connectivity index (χ3v) is 4.85. The highest BCUT2D eigenvalue weighted by Crippen LogP contribution is 2.26. The van der Waals surface area contributed by atoms with Gasteiger partial charge in [0, 0.05) is 31.9 Å². The molecule has 1 heterocycles. The Labute approximate surface area is 144 Å². The molecule has 126 valence electrons. The largest absolute Gasteiger partial charge is 0.368 e. The summed E-state index contributed by atoms with van der Waals surface area (Å²) in [5, 5.41) is 0. The average molecular weight is 322 g/mol. The first-order valence-corrected chi connectivity index (χ1v) is 8.84.